The molecule has 1 aliphatic rings. The van der Waals surface area contributed by atoms with Crippen molar-refractivity contribution in [1.29, 1.82) is 0 Å². The monoisotopic (exact) mass is 211 g/mol. The molecule has 1 heterocycles. The minimum absolute atomic E-state index is 0.107. The van der Waals surface area contributed by atoms with Crippen molar-refractivity contribution in [3.8, 4) is 5.75 Å². The Morgan fingerprint density at radius 2 is 2.40 bits per heavy atom. The van der Waals surface area contributed by atoms with Gasteiger partial charge in [0.05, 0.1) is 18.8 Å². The second-order valence-corrected chi connectivity index (χ2v) is 3.66. The predicted octanol–water partition coefficient (Wildman–Crippen LogP) is 1.67. The fourth-order valence-electron chi connectivity index (χ4n) is 1.80. The molecule has 0 amide bonds. The minimum atomic E-state index is -0.319. The van der Waals surface area contributed by atoms with E-state index in [-0.39, 0.29) is 11.9 Å². The molecule has 0 saturated carbocycles. The van der Waals surface area contributed by atoms with Gasteiger partial charge in [0.2, 0.25) is 0 Å². The number of halogens is 1. The van der Waals surface area contributed by atoms with Crippen molar-refractivity contribution in [1.82, 2.24) is 0 Å². The first-order valence-electron chi connectivity index (χ1n) is 4.87. The molecule has 1 aliphatic heterocycles. The Morgan fingerprint density at radius 1 is 1.60 bits per heavy atom. The molecule has 0 bridgehead atoms. The highest BCUT2D eigenvalue weighted by Gasteiger charge is 2.25. The normalized spacial score (nSPS) is 19.7. The Bertz CT molecular complexity index is 356. The molecule has 2 rings (SSSR count). The van der Waals surface area contributed by atoms with Crippen LogP contribution >= 0.6 is 0 Å². The van der Waals surface area contributed by atoms with E-state index in [1.807, 2.05) is 18.0 Å². The van der Waals surface area contributed by atoms with E-state index in [1.54, 1.807) is 13.2 Å². The number of ether oxygens (including phenoxy) is 2. The minimum Gasteiger partial charge on any atom is -0.481 e. The number of rotatable bonds is 2. The third kappa shape index (κ3) is 1.90. The van der Waals surface area contributed by atoms with Crippen LogP contribution in [0.1, 0.15) is 0 Å². The Morgan fingerprint density at radius 3 is 3.13 bits per heavy atom. The summed E-state index contributed by atoms with van der Waals surface area (Å²) in [6.07, 6.45) is -0.107. The lowest BCUT2D eigenvalue weighted by molar-refractivity contribution is 0.0771. The topological polar surface area (TPSA) is 21.7 Å². The highest BCUT2D eigenvalue weighted by atomic mass is 19.1. The van der Waals surface area contributed by atoms with E-state index in [1.165, 1.54) is 6.07 Å². The summed E-state index contributed by atoms with van der Waals surface area (Å²) in [5, 5.41) is 0. The Hall–Kier alpha value is -1.29. The molecule has 15 heavy (non-hydrogen) atoms. The molecule has 0 radical (unpaired) electrons. The molecule has 0 N–H and O–H groups in total. The van der Waals surface area contributed by atoms with Crippen LogP contribution in [0.5, 0.6) is 5.75 Å². The van der Waals surface area contributed by atoms with Crippen LogP contribution in [0.4, 0.5) is 10.1 Å². The highest BCUT2D eigenvalue weighted by Crippen LogP contribution is 2.34. The lowest BCUT2D eigenvalue weighted by Gasteiger charge is -2.33. The van der Waals surface area contributed by atoms with Crippen LogP contribution in [-0.4, -0.2) is 33.4 Å². The molecule has 0 saturated heterocycles. The molecule has 3 nitrogen and oxygen atoms in total. The van der Waals surface area contributed by atoms with E-state index in [0.717, 1.165) is 5.69 Å². The predicted molar refractivity (Wildman–Crippen MR) is 56.0 cm³/mol. The van der Waals surface area contributed by atoms with Gasteiger partial charge in [-0.2, -0.15) is 0 Å². The number of methoxy groups -OCH3 is 1. The van der Waals surface area contributed by atoms with Gasteiger partial charge in [0.25, 0.3) is 0 Å². The number of hydrogen-bond acceptors (Lipinski definition) is 3. The van der Waals surface area contributed by atoms with Crippen molar-refractivity contribution in [3.63, 3.8) is 0 Å². The third-order valence-corrected chi connectivity index (χ3v) is 2.47. The smallest absolute Gasteiger partial charge is 0.178 e. The van der Waals surface area contributed by atoms with Gasteiger partial charge >= 0.3 is 0 Å². The van der Waals surface area contributed by atoms with Crippen molar-refractivity contribution in [2.45, 2.75) is 6.10 Å². The first kappa shape index (κ1) is 10.2. The summed E-state index contributed by atoms with van der Waals surface area (Å²) in [6, 6.07) is 4.94. The van der Waals surface area contributed by atoms with Crippen LogP contribution in [0.25, 0.3) is 0 Å². The Labute approximate surface area is 88.4 Å². The number of hydrogen-bond donors (Lipinski definition) is 0. The van der Waals surface area contributed by atoms with E-state index in [4.69, 9.17) is 9.47 Å². The largest absolute Gasteiger partial charge is 0.481 e. The van der Waals surface area contributed by atoms with Crippen molar-refractivity contribution in [3.05, 3.63) is 24.0 Å². The van der Waals surface area contributed by atoms with E-state index in [0.29, 0.717) is 18.9 Å². The molecule has 0 aliphatic carbocycles. The third-order valence-electron chi connectivity index (χ3n) is 2.47. The molecular formula is C11H14FNO2. The molecule has 0 aromatic heterocycles. The average molecular weight is 211 g/mol. The van der Waals surface area contributed by atoms with Crippen molar-refractivity contribution in [2.75, 3.05) is 32.2 Å². The van der Waals surface area contributed by atoms with Crippen LogP contribution in [-0.2, 0) is 4.74 Å². The van der Waals surface area contributed by atoms with Gasteiger partial charge in [0.1, 0.15) is 6.10 Å². The van der Waals surface area contributed by atoms with E-state index in [2.05, 4.69) is 0 Å². The number of para-hydroxylation sites is 1. The molecule has 0 fully saturated rings. The first-order chi connectivity index (χ1) is 7.22. The molecule has 1 aromatic rings. The van der Waals surface area contributed by atoms with Crippen molar-refractivity contribution < 1.29 is 13.9 Å². The van der Waals surface area contributed by atoms with Crippen molar-refractivity contribution in [2.24, 2.45) is 0 Å². The average Bonchev–Trinajstić information content (AvgIpc) is 2.20. The van der Waals surface area contributed by atoms with Gasteiger partial charge in [0, 0.05) is 14.2 Å². The highest BCUT2D eigenvalue weighted by molar-refractivity contribution is 5.60. The Kier molecular flexibility index (Phi) is 2.77. The zero-order valence-electron chi connectivity index (χ0n) is 8.87. The molecule has 0 spiro atoms. The van der Waals surface area contributed by atoms with Crippen molar-refractivity contribution >= 4 is 5.69 Å². The summed E-state index contributed by atoms with van der Waals surface area (Å²) >= 11 is 0. The lowest BCUT2D eigenvalue weighted by Crippen LogP contribution is -2.40. The fraction of sp³-hybridized carbons (Fsp3) is 0.455. The second-order valence-electron chi connectivity index (χ2n) is 3.66. The van der Waals surface area contributed by atoms with Gasteiger partial charge < -0.3 is 14.4 Å². The molecule has 1 atom stereocenters. The van der Waals surface area contributed by atoms with Gasteiger partial charge in [-0.3, -0.25) is 0 Å². The fourth-order valence-corrected chi connectivity index (χ4v) is 1.80. The SMILES string of the molecule is COC[C@H]1CN(C)c2cccc(F)c2O1. The molecule has 82 valence electrons. The van der Waals surface area contributed by atoms with E-state index < -0.39 is 0 Å². The summed E-state index contributed by atoms with van der Waals surface area (Å²) in [4.78, 5) is 1.98. The first-order valence-corrected chi connectivity index (χ1v) is 4.87. The maximum atomic E-state index is 13.5. The van der Waals surface area contributed by atoms with Gasteiger partial charge in [0.15, 0.2) is 11.6 Å². The quantitative estimate of drug-likeness (QED) is 0.742. The number of benzene rings is 1. The zero-order chi connectivity index (χ0) is 10.8. The van der Waals surface area contributed by atoms with Gasteiger partial charge in [-0.1, -0.05) is 6.07 Å². The van der Waals surface area contributed by atoms with Crippen LogP contribution in [0, 0.1) is 5.82 Å². The van der Waals surface area contributed by atoms with E-state index in [9.17, 15) is 4.39 Å². The second kappa shape index (κ2) is 4.06. The van der Waals surface area contributed by atoms with E-state index >= 15 is 0 Å². The standard InChI is InChI=1S/C11H14FNO2/c1-13-6-8(7-14-2)15-11-9(12)4-3-5-10(11)13/h3-5,8H,6-7H2,1-2H3/t8-/m1/s1. The van der Waals surface area contributed by atoms with Crippen LogP contribution in [0.3, 0.4) is 0 Å². The maximum Gasteiger partial charge on any atom is 0.178 e. The van der Waals surface area contributed by atoms with Gasteiger partial charge in [-0.25, -0.2) is 4.39 Å². The summed E-state index contributed by atoms with van der Waals surface area (Å²) in [6.45, 7) is 1.18. The van der Waals surface area contributed by atoms with Crippen LogP contribution < -0.4 is 9.64 Å². The lowest BCUT2D eigenvalue weighted by atomic mass is 10.2. The van der Waals surface area contributed by atoms with Gasteiger partial charge in [-0.15, -0.1) is 0 Å². The molecule has 1 aromatic carbocycles. The molecule has 0 unspecified atom stereocenters. The molecular weight excluding hydrogens is 197 g/mol. The molecule has 4 heteroatoms. The van der Waals surface area contributed by atoms with Gasteiger partial charge in [-0.05, 0) is 12.1 Å². The van der Waals surface area contributed by atoms with Crippen LogP contribution in [0.2, 0.25) is 0 Å². The summed E-state index contributed by atoms with van der Waals surface area (Å²) in [7, 11) is 3.53. The number of nitrogens with zero attached hydrogens (tertiary/aromatic N) is 1. The Balaban J connectivity index is 2.29. The number of anilines is 1. The number of fused-ring (bicyclic) bond motifs is 1. The summed E-state index contributed by atoms with van der Waals surface area (Å²) in [5.41, 5.74) is 0.794. The van der Waals surface area contributed by atoms with Crippen LogP contribution in [0.15, 0.2) is 18.2 Å². The zero-order valence-corrected chi connectivity index (χ0v) is 8.87. The maximum absolute atomic E-state index is 13.5. The number of likely N-dealkylation sites (N-methyl/N-ethyl adjacent to an activating group) is 1. The summed E-state index contributed by atoms with van der Waals surface area (Å²) < 4.78 is 24.0. The summed E-state index contributed by atoms with van der Waals surface area (Å²) in [5.74, 6) is 0.00783.